The molecule has 1 atom stereocenters. The Morgan fingerprint density at radius 1 is 1.38 bits per heavy atom. The first-order valence-corrected chi connectivity index (χ1v) is 8.90. The predicted octanol–water partition coefficient (Wildman–Crippen LogP) is 4.10. The van der Waals surface area contributed by atoms with Crippen LogP contribution in [0.5, 0.6) is 0 Å². The maximum atomic E-state index is 11.9. The maximum Gasteiger partial charge on any atom is 0.407 e. The van der Waals surface area contributed by atoms with Crippen LogP contribution in [-0.2, 0) is 4.74 Å². The van der Waals surface area contributed by atoms with E-state index in [1.807, 2.05) is 45.2 Å². The first-order valence-electron chi connectivity index (χ1n) is 8.10. The molecule has 3 rings (SSSR count). The van der Waals surface area contributed by atoms with Gasteiger partial charge in [-0.15, -0.1) is 0 Å². The van der Waals surface area contributed by atoms with Crippen LogP contribution in [-0.4, -0.2) is 35.8 Å². The predicted molar refractivity (Wildman–Crippen MR) is 99.4 cm³/mol. The number of halogens is 1. The fourth-order valence-electron chi connectivity index (χ4n) is 2.95. The van der Waals surface area contributed by atoms with E-state index in [0.717, 1.165) is 40.6 Å². The lowest BCUT2D eigenvalue weighted by atomic mass is 10.2. The third-order valence-corrected chi connectivity index (χ3v) is 4.42. The number of carbonyl (C=O) groups excluding carboxylic acids is 1. The molecule has 5 nitrogen and oxygen atoms in total. The lowest BCUT2D eigenvalue weighted by molar-refractivity contribution is 0.0509. The van der Waals surface area contributed by atoms with Crippen LogP contribution in [0.3, 0.4) is 0 Å². The number of rotatable bonds is 2. The zero-order chi connectivity index (χ0) is 17.3. The van der Waals surface area contributed by atoms with Gasteiger partial charge >= 0.3 is 6.09 Å². The average molecular weight is 392 g/mol. The monoisotopic (exact) mass is 391 g/mol. The highest BCUT2D eigenvalue weighted by molar-refractivity contribution is 9.10. The van der Waals surface area contributed by atoms with Gasteiger partial charge in [0.2, 0.25) is 0 Å². The summed E-state index contributed by atoms with van der Waals surface area (Å²) in [6.45, 7) is 7.27. The molecule has 128 valence electrons. The van der Waals surface area contributed by atoms with Crippen LogP contribution in [0.4, 0.5) is 10.5 Å². The van der Waals surface area contributed by atoms with Crippen molar-refractivity contribution in [2.75, 3.05) is 18.0 Å². The van der Waals surface area contributed by atoms with Crippen molar-refractivity contribution < 1.29 is 9.53 Å². The van der Waals surface area contributed by atoms with E-state index in [9.17, 15) is 4.79 Å². The standard InChI is InChI=1S/C18H22BrN3O2/c1-18(2,3)24-17(23)21-13-7-9-22(11-13)16-6-8-20-15-5-4-12(19)10-14(15)16/h4-6,8,10,13H,7,9,11H2,1-3H3,(H,21,23). The molecular weight excluding hydrogens is 370 g/mol. The van der Waals surface area contributed by atoms with E-state index in [0.29, 0.717) is 0 Å². The number of anilines is 1. The Bertz CT molecular complexity index is 758. The fourth-order valence-corrected chi connectivity index (χ4v) is 3.31. The van der Waals surface area contributed by atoms with Crippen molar-refractivity contribution in [3.8, 4) is 0 Å². The molecule has 1 N–H and O–H groups in total. The van der Waals surface area contributed by atoms with E-state index in [4.69, 9.17) is 4.74 Å². The largest absolute Gasteiger partial charge is 0.444 e. The maximum absolute atomic E-state index is 11.9. The van der Waals surface area contributed by atoms with Gasteiger partial charge in [0.05, 0.1) is 11.6 Å². The van der Waals surface area contributed by atoms with E-state index in [1.54, 1.807) is 0 Å². The summed E-state index contributed by atoms with van der Waals surface area (Å²) in [5.74, 6) is 0. The topological polar surface area (TPSA) is 54.5 Å². The van der Waals surface area contributed by atoms with Gasteiger partial charge in [-0.3, -0.25) is 4.98 Å². The molecule has 1 amide bonds. The van der Waals surface area contributed by atoms with Gasteiger partial charge in [0.25, 0.3) is 0 Å². The molecule has 1 aromatic carbocycles. The van der Waals surface area contributed by atoms with Gasteiger partial charge in [-0.25, -0.2) is 4.79 Å². The minimum atomic E-state index is -0.476. The van der Waals surface area contributed by atoms with Gasteiger partial charge in [-0.1, -0.05) is 15.9 Å². The zero-order valence-electron chi connectivity index (χ0n) is 14.2. The summed E-state index contributed by atoms with van der Waals surface area (Å²) in [5.41, 5.74) is 1.64. The Morgan fingerprint density at radius 3 is 2.92 bits per heavy atom. The van der Waals surface area contributed by atoms with Crippen molar-refractivity contribution in [1.29, 1.82) is 0 Å². The van der Waals surface area contributed by atoms with Gasteiger partial charge in [0.15, 0.2) is 0 Å². The van der Waals surface area contributed by atoms with Crippen molar-refractivity contribution in [3.63, 3.8) is 0 Å². The summed E-state index contributed by atoms with van der Waals surface area (Å²) in [7, 11) is 0. The number of nitrogens with one attached hydrogen (secondary N) is 1. The highest BCUT2D eigenvalue weighted by Gasteiger charge is 2.27. The number of hydrogen-bond donors (Lipinski definition) is 1. The van der Waals surface area contributed by atoms with Crippen molar-refractivity contribution >= 4 is 38.6 Å². The summed E-state index contributed by atoms with van der Waals surface area (Å²) in [6.07, 6.45) is 2.38. The Balaban J connectivity index is 1.72. The second-order valence-corrected chi connectivity index (χ2v) is 7.99. The van der Waals surface area contributed by atoms with Crippen molar-refractivity contribution in [2.24, 2.45) is 0 Å². The molecule has 1 saturated heterocycles. The molecule has 2 heterocycles. The van der Waals surface area contributed by atoms with Gasteiger partial charge in [-0.2, -0.15) is 0 Å². The molecule has 1 aliphatic heterocycles. The van der Waals surface area contributed by atoms with Crippen molar-refractivity contribution in [1.82, 2.24) is 10.3 Å². The molecule has 1 aliphatic rings. The zero-order valence-corrected chi connectivity index (χ0v) is 15.8. The molecule has 24 heavy (non-hydrogen) atoms. The van der Waals surface area contributed by atoms with Crippen molar-refractivity contribution in [3.05, 3.63) is 34.9 Å². The van der Waals surface area contributed by atoms with Crippen LogP contribution in [0, 0.1) is 0 Å². The van der Waals surface area contributed by atoms with Gasteiger partial charge in [0, 0.05) is 34.8 Å². The number of fused-ring (bicyclic) bond motifs is 1. The molecule has 1 unspecified atom stereocenters. The molecule has 0 bridgehead atoms. The summed E-state index contributed by atoms with van der Waals surface area (Å²) in [6, 6.07) is 8.22. The number of pyridine rings is 1. The van der Waals surface area contributed by atoms with E-state index in [2.05, 4.69) is 37.2 Å². The van der Waals surface area contributed by atoms with Crippen LogP contribution < -0.4 is 10.2 Å². The molecule has 6 heteroatoms. The molecular formula is C18H22BrN3O2. The summed E-state index contributed by atoms with van der Waals surface area (Å²) in [4.78, 5) is 18.7. The van der Waals surface area contributed by atoms with Crippen LogP contribution in [0.25, 0.3) is 10.9 Å². The van der Waals surface area contributed by atoms with Gasteiger partial charge < -0.3 is 15.0 Å². The number of ether oxygens (including phenoxy) is 1. The molecule has 0 aliphatic carbocycles. The fraction of sp³-hybridized carbons (Fsp3) is 0.444. The lowest BCUT2D eigenvalue weighted by Gasteiger charge is -2.23. The van der Waals surface area contributed by atoms with Crippen LogP contribution in [0.15, 0.2) is 34.9 Å². The Kier molecular flexibility index (Phi) is 4.67. The summed E-state index contributed by atoms with van der Waals surface area (Å²) < 4.78 is 6.38. The van der Waals surface area contributed by atoms with Crippen molar-refractivity contribution in [2.45, 2.75) is 38.8 Å². The summed E-state index contributed by atoms with van der Waals surface area (Å²) >= 11 is 3.53. The Hall–Kier alpha value is -1.82. The SMILES string of the molecule is CC(C)(C)OC(=O)NC1CCN(c2ccnc3ccc(Br)cc23)C1. The van der Waals surface area contributed by atoms with E-state index < -0.39 is 5.60 Å². The second kappa shape index (κ2) is 6.59. The van der Waals surface area contributed by atoms with Crippen LogP contribution >= 0.6 is 15.9 Å². The third kappa shape index (κ3) is 3.98. The van der Waals surface area contributed by atoms with Gasteiger partial charge in [0.1, 0.15) is 5.60 Å². The number of alkyl carbamates (subject to hydrolysis) is 1. The average Bonchev–Trinajstić information content (AvgIpc) is 2.92. The highest BCUT2D eigenvalue weighted by Crippen LogP contribution is 2.30. The van der Waals surface area contributed by atoms with Crippen LogP contribution in [0.1, 0.15) is 27.2 Å². The Morgan fingerprint density at radius 2 is 2.17 bits per heavy atom. The molecule has 0 saturated carbocycles. The molecule has 0 radical (unpaired) electrons. The van der Waals surface area contributed by atoms with E-state index in [1.165, 1.54) is 0 Å². The van der Waals surface area contributed by atoms with E-state index in [-0.39, 0.29) is 12.1 Å². The number of nitrogens with zero attached hydrogens (tertiary/aromatic N) is 2. The quantitative estimate of drug-likeness (QED) is 0.836. The number of aromatic nitrogens is 1. The molecule has 1 fully saturated rings. The molecule has 2 aromatic rings. The second-order valence-electron chi connectivity index (χ2n) is 7.07. The summed E-state index contributed by atoms with van der Waals surface area (Å²) in [5, 5.41) is 4.08. The lowest BCUT2D eigenvalue weighted by Crippen LogP contribution is -2.40. The number of carbonyl (C=O) groups is 1. The van der Waals surface area contributed by atoms with Gasteiger partial charge in [-0.05, 0) is 51.5 Å². The number of amides is 1. The molecule has 1 aromatic heterocycles. The normalized spacial score (nSPS) is 18.0. The first-order chi connectivity index (χ1) is 11.3. The molecule has 0 spiro atoms. The third-order valence-electron chi connectivity index (χ3n) is 3.93. The number of hydrogen-bond acceptors (Lipinski definition) is 4. The van der Waals surface area contributed by atoms with E-state index >= 15 is 0 Å². The Labute approximate surface area is 150 Å². The minimum absolute atomic E-state index is 0.0928. The van der Waals surface area contributed by atoms with Crippen LogP contribution in [0.2, 0.25) is 0 Å². The first kappa shape index (κ1) is 17.0. The highest BCUT2D eigenvalue weighted by atomic mass is 79.9. The number of benzene rings is 1. The minimum Gasteiger partial charge on any atom is -0.444 e. The smallest absolute Gasteiger partial charge is 0.407 e.